The predicted molar refractivity (Wildman–Crippen MR) is 129 cm³/mol. The number of hydrogen-bond acceptors (Lipinski definition) is 4. The van der Waals surface area contributed by atoms with Gasteiger partial charge in [0, 0.05) is 28.4 Å². The van der Waals surface area contributed by atoms with E-state index in [2.05, 4.69) is 23.9 Å². The molecule has 7 heteroatoms. The molecule has 1 aliphatic carbocycles. The third kappa shape index (κ3) is 3.70. The molecule has 0 bridgehead atoms. The molecule has 0 radical (unpaired) electrons. The number of rotatable bonds is 3. The van der Waals surface area contributed by atoms with Crippen LogP contribution in [0.5, 0.6) is 0 Å². The first-order chi connectivity index (χ1) is 15.7. The van der Waals surface area contributed by atoms with E-state index in [1.807, 2.05) is 49.4 Å². The Hall–Kier alpha value is -3.51. The molecule has 5 rings (SSSR count). The number of pyridine rings is 1. The van der Waals surface area contributed by atoms with E-state index < -0.39 is 0 Å². The molecule has 166 valence electrons. The lowest BCUT2D eigenvalue weighted by Crippen LogP contribution is -2.35. The summed E-state index contributed by atoms with van der Waals surface area (Å²) in [5.41, 5.74) is 3.50. The summed E-state index contributed by atoms with van der Waals surface area (Å²) in [6.45, 7) is 6.03. The minimum atomic E-state index is -0.238. The highest BCUT2D eigenvalue weighted by atomic mass is 35.5. The fourth-order valence-electron chi connectivity index (χ4n) is 4.45. The Morgan fingerprint density at radius 2 is 1.70 bits per heavy atom. The van der Waals surface area contributed by atoms with Crippen molar-refractivity contribution in [2.24, 2.45) is 5.41 Å². The maximum Gasteiger partial charge on any atom is 0.266 e. The van der Waals surface area contributed by atoms with Gasteiger partial charge in [0.25, 0.3) is 5.56 Å². The van der Waals surface area contributed by atoms with Crippen LogP contribution in [-0.4, -0.2) is 25.1 Å². The van der Waals surface area contributed by atoms with E-state index in [0.717, 1.165) is 16.9 Å². The number of carbonyl (C=O) groups excluding carboxylic acids is 1. The molecule has 2 aromatic heterocycles. The number of hydrogen-bond donors (Lipinski definition) is 0. The van der Waals surface area contributed by atoms with Gasteiger partial charge in [-0.15, -0.1) is 0 Å². The quantitative estimate of drug-likeness (QED) is 0.423. The Balaban J connectivity index is 1.79. The first-order valence-corrected chi connectivity index (χ1v) is 11.2. The van der Waals surface area contributed by atoms with Gasteiger partial charge < -0.3 is 0 Å². The fourth-order valence-corrected chi connectivity index (χ4v) is 4.63. The molecule has 0 saturated heterocycles. The second kappa shape index (κ2) is 7.81. The van der Waals surface area contributed by atoms with Crippen LogP contribution in [0.15, 0.2) is 65.7 Å². The molecule has 0 saturated carbocycles. The van der Waals surface area contributed by atoms with Crippen LogP contribution in [0.25, 0.3) is 22.8 Å². The molecule has 33 heavy (non-hydrogen) atoms. The summed E-state index contributed by atoms with van der Waals surface area (Å²) in [5, 5.41) is 4.94. The Morgan fingerprint density at radius 3 is 2.42 bits per heavy atom. The second-order valence-corrected chi connectivity index (χ2v) is 9.67. The Labute approximate surface area is 196 Å². The number of Topliss-reactive ketones (excluding diaryl/α,β-unsaturated/α-hetero) is 1. The first-order valence-electron chi connectivity index (χ1n) is 10.8. The average Bonchev–Trinajstić information content (AvgIpc) is 3.25. The minimum absolute atomic E-state index is 0.0247. The van der Waals surface area contributed by atoms with Crippen molar-refractivity contribution < 1.29 is 4.79 Å². The summed E-state index contributed by atoms with van der Waals surface area (Å²) in [5.74, 6) is 0.390. The average molecular weight is 459 g/mol. The zero-order valence-electron chi connectivity index (χ0n) is 18.7. The van der Waals surface area contributed by atoms with Crippen molar-refractivity contribution in [3.05, 3.63) is 93.1 Å². The first kappa shape index (κ1) is 21.3. The molecular weight excluding hydrogens is 436 g/mol. The standard InChI is InChI=1S/C26H23ClN4O2/c1-16-9-10-18(11-21(16)27)31-24(28-15-29-31)20-12-19-22(13-26(2,3)14-23(19)32)30(25(20)33)17-7-5-4-6-8-17/h4-12,15H,13-14H2,1-3H3. The molecule has 0 aliphatic heterocycles. The van der Waals surface area contributed by atoms with Gasteiger partial charge in [-0.2, -0.15) is 5.10 Å². The monoisotopic (exact) mass is 458 g/mol. The molecule has 0 unspecified atom stereocenters. The van der Waals surface area contributed by atoms with Gasteiger partial charge in [0.1, 0.15) is 6.33 Å². The van der Waals surface area contributed by atoms with Crippen LogP contribution in [-0.2, 0) is 6.42 Å². The fraction of sp³-hybridized carbons (Fsp3) is 0.231. The number of halogens is 1. The van der Waals surface area contributed by atoms with Crippen molar-refractivity contribution in [1.82, 2.24) is 19.3 Å². The number of ketones is 1. The summed E-state index contributed by atoms with van der Waals surface area (Å²) < 4.78 is 3.24. The summed E-state index contributed by atoms with van der Waals surface area (Å²) in [6, 6.07) is 16.7. The van der Waals surface area contributed by atoms with Crippen molar-refractivity contribution in [1.29, 1.82) is 0 Å². The smallest absolute Gasteiger partial charge is 0.266 e. The molecule has 2 aromatic carbocycles. The van der Waals surface area contributed by atoms with E-state index in [4.69, 9.17) is 11.6 Å². The number of aryl methyl sites for hydroxylation is 1. The molecule has 0 spiro atoms. The highest BCUT2D eigenvalue weighted by molar-refractivity contribution is 6.31. The molecule has 0 fully saturated rings. The van der Waals surface area contributed by atoms with Gasteiger partial charge in [-0.1, -0.05) is 49.7 Å². The molecule has 6 nitrogen and oxygen atoms in total. The highest BCUT2D eigenvalue weighted by Gasteiger charge is 2.35. The van der Waals surface area contributed by atoms with E-state index in [-0.39, 0.29) is 16.8 Å². The van der Waals surface area contributed by atoms with Gasteiger partial charge in [0.2, 0.25) is 0 Å². The summed E-state index contributed by atoms with van der Waals surface area (Å²) in [6.07, 6.45) is 2.45. The van der Waals surface area contributed by atoms with Crippen LogP contribution >= 0.6 is 11.6 Å². The lowest BCUT2D eigenvalue weighted by molar-refractivity contribution is 0.0909. The largest absolute Gasteiger partial charge is 0.294 e. The molecule has 0 amide bonds. The lowest BCUT2D eigenvalue weighted by atomic mass is 9.75. The summed E-state index contributed by atoms with van der Waals surface area (Å²) >= 11 is 6.33. The molecule has 1 aliphatic rings. The van der Waals surface area contributed by atoms with Crippen LogP contribution in [0.3, 0.4) is 0 Å². The molecule has 0 atom stereocenters. The lowest BCUT2D eigenvalue weighted by Gasteiger charge is -2.32. The number of aromatic nitrogens is 4. The predicted octanol–water partition coefficient (Wildman–Crippen LogP) is 5.20. The van der Waals surface area contributed by atoms with E-state index in [1.54, 1.807) is 21.4 Å². The van der Waals surface area contributed by atoms with Gasteiger partial charge in [-0.25, -0.2) is 9.67 Å². The molecule has 0 N–H and O–H groups in total. The number of carbonyl (C=O) groups is 1. The van der Waals surface area contributed by atoms with Crippen LogP contribution in [0.2, 0.25) is 5.02 Å². The van der Waals surface area contributed by atoms with Crippen LogP contribution in [0, 0.1) is 12.3 Å². The number of fused-ring (bicyclic) bond motifs is 1. The van der Waals surface area contributed by atoms with E-state index >= 15 is 0 Å². The van der Waals surface area contributed by atoms with Crippen molar-refractivity contribution in [3.63, 3.8) is 0 Å². The van der Waals surface area contributed by atoms with Crippen LogP contribution in [0.4, 0.5) is 0 Å². The molecular formula is C26H23ClN4O2. The van der Waals surface area contributed by atoms with Crippen molar-refractivity contribution in [2.45, 2.75) is 33.6 Å². The Morgan fingerprint density at radius 1 is 0.939 bits per heavy atom. The minimum Gasteiger partial charge on any atom is -0.294 e. The maximum absolute atomic E-state index is 13.9. The second-order valence-electron chi connectivity index (χ2n) is 9.26. The third-order valence-electron chi connectivity index (χ3n) is 6.09. The zero-order valence-corrected chi connectivity index (χ0v) is 19.4. The molecule has 2 heterocycles. The van der Waals surface area contributed by atoms with Gasteiger partial charge in [0.05, 0.1) is 11.3 Å². The Kier molecular flexibility index (Phi) is 5.05. The summed E-state index contributed by atoms with van der Waals surface area (Å²) in [7, 11) is 0. The van der Waals surface area contributed by atoms with Gasteiger partial charge >= 0.3 is 0 Å². The van der Waals surface area contributed by atoms with Crippen LogP contribution < -0.4 is 5.56 Å². The van der Waals surface area contributed by atoms with Gasteiger partial charge in [-0.05, 0) is 54.7 Å². The van der Waals surface area contributed by atoms with Crippen LogP contribution in [0.1, 0.15) is 41.9 Å². The summed E-state index contributed by atoms with van der Waals surface area (Å²) in [4.78, 5) is 31.5. The highest BCUT2D eigenvalue weighted by Crippen LogP contribution is 2.36. The third-order valence-corrected chi connectivity index (χ3v) is 6.50. The van der Waals surface area contributed by atoms with E-state index in [1.165, 1.54) is 6.33 Å². The number of nitrogens with zero attached hydrogens (tertiary/aromatic N) is 4. The normalized spacial score (nSPS) is 14.8. The zero-order chi connectivity index (χ0) is 23.3. The number of benzene rings is 2. The van der Waals surface area contributed by atoms with Gasteiger partial charge in [0.15, 0.2) is 11.6 Å². The molecule has 4 aromatic rings. The number of para-hydroxylation sites is 1. The van der Waals surface area contributed by atoms with Crippen molar-refractivity contribution >= 4 is 17.4 Å². The Bertz CT molecular complexity index is 1450. The SMILES string of the molecule is Cc1ccc(-n2ncnc2-c2cc3c(n(-c4ccccc4)c2=O)CC(C)(C)CC3=O)cc1Cl. The van der Waals surface area contributed by atoms with Crippen molar-refractivity contribution in [2.75, 3.05) is 0 Å². The topological polar surface area (TPSA) is 69.8 Å². The van der Waals surface area contributed by atoms with E-state index in [9.17, 15) is 9.59 Å². The van der Waals surface area contributed by atoms with Crippen molar-refractivity contribution in [3.8, 4) is 22.8 Å². The van der Waals surface area contributed by atoms with Gasteiger partial charge in [-0.3, -0.25) is 14.2 Å². The maximum atomic E-state index is 13.9. The van der Waals surface area contributed by atoms with E-state index in [0.29, 0.717) is 40.5 Å².